The van der Waals surface area contributed by atoms with Gasteiger partial charge in [-0.05, 0) is 48.2 Å². The monoisotopic (exact) mass is 447 g/mol. The zero-order chi connectivity index (χ0) is 21.9. The average Bonchev–Trinajstić information content (AvgIpc) is 3.53. The number of anilines is 2. The van der Waals surface area contributed by atoms with Crippen LogP contribution < -0.4 is 10.2 Å². The summed E-state index contributed by atoms with van der Waals surface area (Å²) in [7, 11) is -0.994. The number of fused-ring (bicyclic) bond motifs is 2. The summed E-state index contributed by atoms with van der Waals surface area (Å²) < 4.78 is 12.4. The van der Waals surface area contributed by atoms with Gasteiger partial charge in [0.2, 0.25) is 5.95 Å². The van der Waals surface area contributed by atoms with Gasteiger partial charge in [-0.3, -0.25) is 9.19 Å². The molecule has 2 fully saturated rings. The minimum absolute atomic E-state index is 0.186. The molecule has 6 rings (SSSR count). The molecule has 3 aliphatic rings. The molecule has 2 N–H and O–H groups in total. The van der Waals surface area contributed by atoms with Crippen LogP contribution in [0.2, 0.25) is 0 Å². The number of nitrogens with one attached hydrogen (secondary N) is 1. The SMILES string of the molecule is CCS(=O)c1ccc2c(c1)N(c1ncc(-c3cc(C4(O)CNC4)ccn3)cn1)CC21CC1. The Morgan fingerprint density at radius 1 is 1.12 bits per heavy atom. The Labute approximate surface area is 189 Å². The molecule has 1 aromatic carbocycles. The molecule has 1 aliphatic carbocycles. The molecule has 0 radical (unpaired) electrons. The fraction of sp³-hybridized carbons (Fsp3) is 0.375. The predicted molar refractivity (Wildman–Crippen MR) is 123 cm³/mol. The highest BCUT2D eigenvalue weighted by Crippen LogP contribution is 2.57. The third kappa shape index (κ3) is 3.09. The molecule has 1 unspecified atom stereocenters. The number of aliphatic hydroxyl groups is 1. The second-order valence-corrected chi connectivity index (χ2v) is 10.8. The minimum Gasteiger partial charge on any atom is -0.382 e. The van der Waals surface area contributed by atoms with Gasteiger partial charge in [0.05, 0.1) is 16.5 Å². The zero-order valence-corrected chi connectivity index (χ0v) is 18.7. The summed E-state index contributed by atoms with van der Waals surface area (Å²) in [5, 5.41) is 13.7. The third-order valence-corrected chi connectivity index (χ3v) is 8.28. The highest BCUT2D eigenvalue weighted by molar-refractivity contribution is 7.85. The lowest BCUT2D eigenvalue weighted by Crippen LogP contribution is -2.56. The van der Waals surface area contributed by atoms with Gasteiger partial charge in [0, 0.05) is 65.5 Å². The number of hydrogen-bond acceptors (Lipinski definition) is 7. The lowest BCUT2D eigenvalue weighted by Gasteiger charge is -2.38. The van der Waals surface area contributed by atoms with Crippen molar-refractivity contribution in [2.75, 3.05) is 30.3 Å². The molecule has 1 atom stereocenters. The molecule has 164 valence electrons. The molecule has 0 amide bonds. The summed E-state index contributed by atoms with van der Waals surface area (Å²) in [5.74, 6) is 1.25. The molecule has 7 nitrogen and oxygen atoms in total. The maximum absolute atomic E-state index is 12.4. The van der Waals surface area contributed by atoms with Crippen molar-refractivity contribution >= 4 is 22.4 Å². The van der Waals surface area contributed by atoms with Crippen LogP contribution in [0.5, 0.6) is 0 Å². The fourth-order valence-corrected chi connectivity index (χ4v) is 5.55. The van der Waals surface area contributed by atoms with Gasteiger partial charge >= 0.3 is 0 Å². The van der Waals surface area contributed by atoms with Crippen molar-refractivity contribution in [2.24, 2.45) is 0 Å². The first kappa shape index (κ1) is 20.0. The van der Waals surface area contributed by atoms with E-state index in [1.165, 1.54) is 18.4 Å². The summed E-state index contributed by atoms with van der Waals surface area (Å²) in [5.41, 5.74) is 4.17. The summed E-state index contributed by atoms with van der Waals surface area (Å²) in [6.45, 7) is 3.89. The van der Waals surface area contributed by atoms with Crippen LogP contribution in [0.4, 0.5) is 11.6 Å². The van der Waals surface area contributed by atoms with E-state index in [4.69, 9.17) is 0 Å². The van der Waals surface area contributed by atoms with Crippen molar-refractivity contribution < 1.29 is 9.32 Å². The summed E-state index contributed by atoms with van der Waals surface area (Å²) >= 11 is 0. The first-order valence-electron chi connectivity index (χ1n) is 11.0. The highest BCUT2D eigenvalue weighted by Gasteiger charge is 2.52. The van der Waals surface area contributed by atoms with E-state index in [0.29, 0.717) is 24.8 Å². The number of aromatic nitrogens is 3. The largest absolute Gasteiger partial charge is 0.382 e. The quantitative estimate of drug-likeness (QED) is 0.621. The van der Waals surface area contributed by atoms with Crippen LogP contribution in [-0.4, -0.2) is 49.7 Å². The Morgan fingerprint density at radius 3 is 2.56 bits per heavy atom. The molecule has 4 heterocycles. The van der Waals surface area contributed by atoms with Crippen molar-refractivity contribution in [1.29, 1.82) is 0 Å². The minimum atomic E-state index is -0.994. The van der Waals surface area contributed by atoms with Crippen molar-refractivity contribution in [2.45, 2.75) is 35.7 Å². The van der Waals surface area contributed by atoms with E-state index in [9.17, 15) is 9.32 Å². The van der Waals surface area contributed by atoms with E-state index >= 15 is 0 Å². The van der Waals surface area contributed by atoms with E-state index < -0.39 is 16.4 Å². The summed E-state index contributed by atoms with van der Waals surface area (Å²) in [6, 6.07) is 9.98. The average molecular weight is 448 g/mol. The molecule has 0 bridgehead atoms. The topological polar surface area (TPSA) is 91.2 Å². The number of benzene rings is 1. The Bertz CT molecular complexity index is 1220. The molecule has 2 aromatic heterocycles. The molecule has 1 spiro atoms. The van der Waals surface area contributed by atoms with Crippen LogP contribution >= 0.6 is 0 Å². The van der Waals surface area contributed by atoms with Gasteiger partial charge in [-0.1, -0.05) is 13.0 Å². The Kier molecular flexibility index (Phi) is 4.47. The van der Waals surface area contributed by atoms with Crippen molar-refractivity contribution in [3.05, 3.63) is 60.0 Å². The zero-order valence-electron chi connectivity index (χ0n) is 17.9. The second-order valence-electron chi connectivity index (χ2n) is 9.02. The Hall–Kier alpha value is -2.68. The van der Waals surface area contributed by atoms with Crippen LogP contribution in [0.25, 0.3) is 11.3 Å². The van der Waals surface area contributed by atoms with Crippen molar-refractivity contribution in [3.63, 3.8) is 0 Å². The van der Waals surface area contributed by atoms with E-state index in [1.807, 2.05) is 25.1 Å². The van der Waals surface area contributed by atoms with Crippen LogP contribution in [0.1, 0.15) is 30.9 Å². The van der Waals surface area contributed by atoms with Crippen molar-refractivity contribution in [3.8, 4) is 11.3 Å². The lowest BCUT2D eigenvalue weighted by molar-refractivity contribution is -0.0146. The number of rotatable bonds is 5. The molecule has 2 aliphatic heterocycles. The third-order valence-electron chi connectivity index (χ3n) is 6.98. The highest BCUT2D eigenvalue weighted by atomic mass is 32.2. The van der Waals surface area contributed by atoms with Crippen LogP contribution in [-0.2, 0) is 21.8 Å². The molecule has 1 saturated heterocycles. The second kappa shape index (κ2) is 7.16. The summed E-state index contributed by atoms with van der Waals surface area (Å²) in [6.07, 6.45) is 7.64. The Morgan fingerprint density at radius 2 is 1.91 bits per heavy atom. The van der Waals surface area contributed by atoms with Crippen LogP contribution in [0.3, 0.4) is 0 Å². The molecule has 8 heteroatoms. The molecule has 1 saturated carbocycles. The predicted octanol–water partition coefficient (Wildman–Crippen LogP) is 2.64. The van der Waals surface area contributed by atoms with Crippen LogP contribution in [0, 0.1) is 0 Å². The smallest absolute Gasteiger partial charge is 0.229 e. The van der Waals surface area contributed by atoms with Gasteiger partial charge in [-0.15, -0.1) is 0 Å². The maximum Gasteiger partial charge on any atom is 0.229 e. The molecule has 32 heavy (non-hydrogen) atoms. The van der Waals surface area contributed by atoms with Gasteiger partial charge in [0.1, 0.15) is 5.60 Å². The van der Waals surface area contributed by atoms with Gasteiger partial charge in [0.15, 0.2) is 0 Å². The fourth-order valence-electron chi connectivity index (χ4n) is 4.76. The van der Waals surface area contributed by atoms with Crippen molar-refractivity contribution in [1.82, 2.24) is 20.3 Å². The Balaban J connectivity index is 1.32. The van der Waals surface area contributed by atoms with Gasteiger partial charge in [-0.25, -0.2) is 9.97 Å². The number of hydrogen-bond donors (Lipinski definition) is 2. The van der Waals surface area contributed by atoms with E-state index in [-0.39, 0.29) is 5.41 Å². The van der Waals surface area contributed by atoms with E-state index in [2.05, 4.69) is 37.3 Å². The van der Waals surface area contributed by atoms with E-state index in [0.717, 1.165) is 33.9 Å². The summed E-state index contributed by atoms with van der Waals surface area (Å²) in [4.78, 5) is 16.8. The maximum atomic E-state index is 12.4. The standard InChI is InChI=1S/C24H25N5O2S/c1-2-32(31)18-3-4-19-21(10-18)29(15-23(19)6-7-23)22-27-11-16(12-28-22)20-9-17(5-8-26-20)24(30)13-25-14-24/h3-5,8-12,25,30H,2,6-7,13-15H2,1H3. The first-order valence-corrected chi connectivity index (χ1v) is 12.4. The lowest BCUT2D eigenvalue weighted by atomic mass is 9.88. The molecular formula is C24H25N5O2S. The number of β-amino-alcohol motifs (C(OH)–C–C–N with tert-alkyl or cyclic N) is 1. The normalized spacial score (nSPS) is 20.6. The van der Waals surface area contributed by atoms with Gasteiger partial charge in [-0.2, -0.15) is 0 Å². The first-order chi connectivity index (χ1) is 15.5. The van der Waals surface area contributed by atoms with Crippen LogP contribution in [0.15, 0.2) is 53.8 Å². The number of nitrogens with zero attached hydrogens (tertiary/aromatic N) is 4. The van der Waals surface area contributed by atoms with Gasteiger partial charge < -0.3 is 15.3 Å². The van der Waals surface area contributed by atoms with E-state index in [1.54, 1.807) is 18.6 Å². The van der Waals surface area contributed by atoms with Gasteiger partial charge in [0.25, 0.3) is 0 Å². The number of pyridine rings is 1. The molecular weight excluding hydrogens is 422 g/mol. The molecule has 3 aromatic rings.